The first kappa shape index (κ1) is 10.7. The predicted octanol–water partition coefficient (Wildman–Crippen LogP) is 1.26. The minimum atomic E-state index is 0.0260. The van der Waals surface area contributed by atoms with E-state index in [1.807, 2.05) is 25.1 Å². The van der Waals surface area contributed by atoms with Crippen molar-refractivity contribution >= 4 is 5.91 Å². The van der Waals surface area contributed by atoms with E-state index in [1.165, 1.54) is 5.56 Å². The molecular weight excluding hydrogens is 176 g/mol. The third kappa shape index (κ3) is 4.05. The summed E-state index contributed by atoms with van der Waals surface area (Å²) in [6.07, 6.45) is 1.43. The summed E-state index contributed by atoms with van der Waals surface area (Å²) in [5, 5.41) is 0. The van der Waals surface area contributed by atoms with Gasteiger partial charge in [-0.2, -0.15) is 0 Å². The summed E-state index contributed by atoms with van der Waals surface area (Å²) in [7, 11) is 0. The van der Waals surface area contributed by atoms with E-state index >= 15 is 0 Å². The van der Waals surface area contributed by atoms with Gasteiger partial charge in [-0.15, -0.1) is 0 Å². The molecule has 1 rings (SSSR count). The molecule has 3 heteroatoms. The fourth-order valence-corrected chi connectivity index (χ4v) is 1.10. The maximum Gasteiger partial charge on any atom is 0.233 e. The summed E-state index contributed by atoms with van der Waals surface area (Å²) in [6.45, 7) is 2.59. The number of nitrogens with one attached hydrogen (secondary N) is 2. The van der Waals surface area contributed by atoms with Gasteiger partial charge in [0.2, 0.25) is 5.91 Å². The lowest BCUT2D eigenvalue weighted by Gasteiger charge is -2.05. The Morgan fingerprint density at radius 2 is 2.00 bits per heavy atom. The van der Waals surface area contributed by atoms with E-state index in [9.17, 15) is 4.79 Å². The largest absolute Gasteiger partial charge is 0.292 e. The molecule has 0 heterocycles. The van der Waals surface area contributed by atoms with Crippen LogP contribution in [0.3, 0.4) is 0 Å². The highest BCUT2D eigenvalue weighted by Crippen LogP contribution is 1.97. The lowest BCUT2D eigenvalue weighted by Crippen LogP contribution is -2.38. The van der Waals surface area contributed by atoms with Crippen LogP contribution in [0.2, 0.25) is 0 Å². The molecule has 14 heavy (non-hydrogen) atoms. The molecule has 0 aliphatic heterocycles. The Hall–Kier alpha value is -1.35. The number of benzene rings is 1. The number of hydrogen-bond donors (Lipinski definition) is 2. The van der Waals surface area contributed by atoms with Crippen LogP contribution in [0.1, 0.15) is 18.9 Å². The molecule has 2 N–H and O–H groups in total. The minimum Gasteiger partial charge on any atom is -0.292 e. The normalized spacial score (nSPS) is 9.79. The molecule has 1 aromatic rings. The van der Waals surface area contributed by atoms with Gasteiger partial charge in [-0.25, -0.2) is 5.43 Å². The molecule has 0 atom stereocenters. The Labute approximate surface area is 84.5 Å². The minimum absolute atomic E-state index is 0.0260. The number of rotatable bonds is 5. The molecule has 3 nitrogen and oxygen atoms in total. The van der Waals surface area contributed by atoms with Crippen LogP contribution in [0.15, 0.2) is 30.3 Å². The summed E-state index contributed by atoms with van der Waals surface area (Å²) >= 11 is 0. The smallest absolute Gasteiger partial charge is 0.233 e. The highest BCUT2D eigenvalue weighted by Gasteiger charge is 1.94. The second kappa shape index (κ2) is 6.16. The first-order valence-electron chi connectivity index (χ1n) is 4.88. The Morgan fingerprint density at radius 1 is 1.29 bits per heavy atom. The van der Waals surface area contributed by atoms with Crippen molar-refractivity contribution in [1.82, 2.24) is 10.9 Å². The highest BCUT2D eigenvalue weighted by molar-refractivity contribution is 5.74. The molecule has 0 unspecified atom stereocenters. The number of hydrazine groups is 1. The van der Waals surface area contributed by atoms with Gasteiger partial charge in [0.1, 0.15) is 0 Å². The van der Waals surface area contributed by atoms with Gasteiger partial charge in [0.25, 0.3) is 0 Å². The summed E-state index contributed by atoms with van der Waals surface area (Å²) in [5.74, 6) is 0.0260. The van der Waals surface area contributed by atoms with Gasteiger partial charge in [0.05, 0.1) is 0 Å². The molecule has 0 radical (unpaired) electrons. The van der Waals surface area contributed by atoms with Crippen molar-refractivity contribution in [3.05, 3.63) is 35.9 Å². The maximum absolute atomic E-state index is 10.8. The Morgan fingerprint density at radius 3 is 2.64 bits per heavy atom. The SMILES string of the molecule is CCC(=O)NNCCc1ccccc1. The molecule has 0 fully saturated rings. The zero-order chi connectivity index (χ0) is 10.2. The van der Waals surface area contributed by atoms with E-state index in [-0.39, 0.29) is 5.91 Å². The molecule has 0 saturated heterocycles. The van der Waals surface area contributed by atoms with Gasteiger partial charge in [0, 0.05) is 13.0 Å². The molecule has 1 amide bonds. The lowest BCUT2D eigenvalue weighted by molar-refractivity contribution is -0.121. The topological polar surface area (TPSA) is 41.1 Å². The number of hydrogen-bond acceptors (Lipinski definition) is 2. The van der Waals surface area contributed by atoms with E-state index < -0.39 is 0 Å². The monoisotopic (exact) mass is 192 g/mol. The van der Waals surface area contributed by atoms with Crippen LogP contribution in [0.4, 0.5) is 0 Å². The molecule has 0 aliphatic rings. The van der Waals surface area contributed by atoms with Gasteiger partial charge in [-0.1, -0.05) is 37.3 Å². The van der Waals surface area contributed by atoms with Crippen molar-refractivity contribution < 1.29 is 4.79 Å². The van der Waals surface area contributed by atoms with Gasteiger partial charge < -0.3 is 0 Å². The summed E-state index contributed by atoms with van der Waals surface area (Å²) in [4.78, 5) is 10.8. The second-order valence-corrected chi connectivity index (χ2v) is 3.06. The van der Waals surface area contributed by atoms with Crippen LogP contribution in [-0.2, 0) is 11.2 Å². The average Bonchev–Trinajstić information content (AvgIpc) is 2.25. The van der Waals surface area contributed by atoms with Crippen molar-refractivity contribution in [3.63, 3.8) is 0 Å². The zero-order valence-electron chi connectivity index (χ0n) is 8.42. The van der Waals surface area contributed by atoms with Crippen LogP contribution < -0.4 is 10.9 Å². The van der Waals surface area contributed by atoms with Gasteiger partial charge in [-0.3, -0.25) is 10.2 Å². The third-order valence-corrected chi connectivity index (χ3v) is 1.93. The zero-order valence-corrected chi connectivity index (χ0v) is 8.42. The van der Waals surface area contributed by atoms with Crippen LogP contribution in [0, 0.1) is 0 Å². The van der Waals surface area contributed by atoms with Gasteiger partial charge >= 0.3 is 0 Å². The summed E-state index contributed by atoms with van der Waals surface area (Å²) < 4.78 is 0. The van der Waals surface area contributed by atoms with E-state index in [4.69, 9.17) is 0 Å². The first-order valence-corrected chi connectivity index (χ1v) is 4.88. The second-order valence-electron chi connectivity index (χ2n) is 3.06. The van der Waals surface area contributed by atoms with Crippen LogP contribution >= 0.6 is 0 Å². The summed E-state index contributed by atoms with van der Waals surface area (Å²) in [6, 6.07) is 10.2. The standard InChI is InChI=1S/C11H16N2O/c1-2-11(14)13-12-9-8-10-6-4-3-5-7-10/h3-7,12H,2,8-9H2,1H3,(H,13,14). The molecule has 0 aliphatic carbocycles. The lowest BCUT2D eigenvalue weighted by atomic mass is 10.2. The average molecular weight is 192 g/mol. The van der Waals surface area contributed by atoms with Crippen molar-refractivity contribution in [3.8, 4) is 0 Å². The highest BCUT2D eigenvalue weighted by atomic mass is 16.2. The van der Waals surface area contributed by atoms with E-state index in [0.29, 0.717) is 6.42 Å². The molecule has 0 bridgehead atoms. The van der Waals surface area contributed by atoms with Crippen molar-refractivity contribution in [2.75, 3.05) is 6.54 Å². The Bertz CT molecular complexity index is 272. The molecule has 1 aromatic carbocycles. The fourth-order valence-electron chi connectivity index (χ4n) is 1.10. The van der Waals surface area contributed by atoms with Crippen molar-refractivity contribution in [2.24, 2.45) is 0 Å². The molecule has 0 saturated carbocycles. The Kier molecular flexibility index (Phi) is 4.72. The van der Waals surface area contributed by atoms with E-state index in [2.05, 4.69) is 23.0 Å². The van der Waals surface area contributed by atoms with E-state index in [1.54, 1.807) is 0 Å². The molecule has 76 valence electrons. The van der Waals surface area contributed by atoms with Crippen LogP contribution in [0.5, 0.6) is 0 Å². The Balaban J connectivity index is 2.13. The number of carbonyl (C=O) groups is 1. The van der Waals surface area contributed by atoms with Gasteiger partial charge in [0.15, 0.2) is 0 Å². The number of carbonyl (C=O) groups excluding carboxylic acids is 1. The van der Waals surface area contributed by atoms with Gasteiger partial charge in [-0.05, 0) is 12.0 Å². The predicted molar refractivity (Wildman–Crippen MR) is 56.6 cm³/mol. The van der Waals surface area contributed by atoms with Crippen molar-refractivity contribution in [2.45, 2.75) is 19.8 Å². The fraction of sp³-hybridized carbons (Fsp3) is 0.364. The van der Waals surface area contributed by atoms with Crippen LogP contribution in [-0.4, -0.2) is 12.5 Å². The molecule has 0 aromatic heterocycles. The quantitative estimate of drug-likeness (QED) is 0.544. The summed E-state index contributed by atoms with van der Waals surface area (Å²) in [5.41, 5.74) is 6.77. The van der Waals surface area contributed by atoms with Crippen molar-refractivity contribution in [1.29, 1.82) is 0 Å². The van der Waals surface area contributed by atoms with Crippen LogP contribution in [0.25, 0.3) is 0 Å². The first-order chi connectivity index (χ1) is 6.83. The maximum atomic E-state index is 10.8. The third-order valence-electron chi connectivity index (χ3n) is 1.93. The molecule has 0 spiro atoms. The number of amides is 1. The van der Waals surface area contributed by atoms with E-state index in [0.717, 1.165) is 13.0 Å². The molecular formula is C11H16N2O.